The number of aromatic nitrogens is 4. The highest BCUT2D eigenvalue weighted by atomic mass is 16.1. The second-order valence-electron chi connectivity index (χ2n) is 6.47. The number of anilines is 1. The van der Waals surface area contributed by atoms with E-state index in [-0.39, 0.29) is 5.56 Å². The molecule has 26 heavy (non-hydrogen) atoms. The molecule has 0 saturated heterocycles. The first-order valence-electron chi connectivity index (χ1n) is 8.65. The minimum atomic E-state index is -0.0857. The van der Waals surface area contributed by atoms with Gasteiger partial charge < -0.3 is 9.88 Å². The van der Waals surface area contributed by atoms with E-state index in [4.69, 9.17) is 0 Å². The van der Waals surface area contributed by atoms with Gasteiger partial charge in [0.1, 0.15) is 5.69 Å². The maximum Gasteiger partial charge on any atom is 0.250 e. The lowest BCUT2D eigenvalue weighted by Crippen LogP contribution is -2.32. The molecule has 0 bridgehead atoms. The van der Waals surface area contributed by atoms with E-state index in [1.165, 1.54) is 0 Å². The monoisotopic (exact) mass is 343 g/mol. The average molecular weight is 343 g/mol. The topological polar surface area (TPSA) is 66.8 Å². The van der Waals surface area contributed by atoms with Gasteiger partial charge in [-0.05, 0) is 18.2 Å². The molecule has 128 valence electrons. The van der Waals surface area contributed by atoms with Crippen LogP contribution in [-0.4, -0.2) is 26.5 Å². The first-order valence-corrected chi connectivity index (χ1v) is 8.65. The predicted octanol–water partition coefficient (Wildman–Crippen LogP) is 2.67. The zero-order chi connectivity index (χ0) is 17.5. The normalized spacial score (nSPS) is 13.8. The molecule has 0 spiro atoms. The number of hydrogen-bond acceptors (Lipinski definition) is 4. The van der Waals surface area contributed by atoms with Crippen LogP contribution in [0.2, 0.25) is 0 Å². The van der Waals surface area contributed by atoms with Crippen molar-refractivity contribution in [2.75, 3.05) is 11.4 Å². The Hall–Kier alpha value is -3.41. The fourth-order valence-corrected chi connectivity index (χ4v) is 3.64. The summed E-state index contributed by atoms with van der Waals surface area (Å²) >= 11 is 0. The molecular formula is C20H17N5O. The van der Waals surface area contributed by atoms with E-state index in [1.807, 2.05) is 59.3 Å². The van der Waals surface area contributed by atoms with Crippen molar-refractivity contribution in [3.05, 3.63) is 82.4 Å². The molecule has 0 unspecified atom stereocenters. The summed E-state index contributed by atoms with van der Waals surface area (Å²) in [7, 11) is 0. The molecule has 0 atom stereocenters. The van der Waals surface area contributed by atoms with E-state index in [2.05, 4.69) is 20.2 Å². The molecule has 6 heteroatoms. The Morgan fingerprint density at radius 3 is 2.69 bits per heavy atom. The molecule has 3 heterocycles. The lowest BCUT2D eigenvalue weighted by molar-refractivity contribution is 0.694. The average Bonchev–Trinajstić information content (AvgIpc) is 3.11. The van der Waals surface area contributed by atoms with Gasteiger partial charge in [0.15, 0.2) is 0 Å². The van der Waals surface area contributed by atoms with E-state index < -0.39 is 0 Å². The quantitative estimate of drug-likeness (QED) is 0.608. The Kier molecular flexibility index (Phi) is 3.35. The van der Waals surface area contributed by atoms with Gasteiger partial charge in [-0.1, -0.05) is 41.6 Å². The Bertz CT molecular complexity index is 1150. The molecule has 5 rings (SSSR count). The van der Waals surface area contributed by atoms with Crippen LogP contribution in [0.1, 0.15) is 11.4 Å². The lowest BCUT2D eigenvalue weighted by atomic mass is 10.1. The van der Waals surface area contributed by atoms with Gasteiger partial charge >= 0.3 is 0 Å². The smallest absolute Gasteiger partial charge is 0.250 e. The summed E-state index contributed by atoms with van der Waals surface area (Å²) in [6.45, 7) is 1.47. The predicted molar refractivity (Wildman–Crippen MR) is 101 cm³/mol. The zero-order valence-electron chi connectivity index (χ0n) is 14.1. The summed E-state index contributed by atoms with van der Waals surface area (Å²) in [6.07, 6.45) is 0.832. The number of nitrogens with one attached hydrogen (secondary N) is 1. The van der Waals surface area contributed by atoms with Gasteiger partial charge in [0, 0.05) is 24.4 Å². The number of pyridine rings is 1. The third-order valence-corrected chi connectivity index (χ3v) is 4.87. The molecule has 1 aliphatic heterocycles. The van der Waals surface area contributed by atoms with Gasteiger partial charge in [0.25, 0.3) is 0 Å². The lowest BCUT2D eigenvalue weighted by Gasteiger charge is -2.29. The Labute approximate surface area is 149 Å². The molecule has 0 aliphatic carbocycles. The highest BCUT2D eigenvalue weighted by Gasteiger charge is 2.24. The number of nitrogens with zero attached hydrogens (tertiary/aromatic N) is 4. The molecule has 1 aliphatic rings. The highest BCUT2D eigenvalue weighted by Crippen LogP contribution is 2.28. The number of rotatable bonds is 2. The van der Waals surface area contributed by atoms with Crippen LogP contribution in [0.3, 0.4) is 0 Å². The van der Waals surface area contributed by atoms with E-state index in [9.17, 15) is 4.79 Å². The van der Waals surface area contributed by atoms with E-state index in [1.54, 1.807) is 6.07 Å². The number of H-pyrrole nitrogens is 1. The zero-order valence-corrected chi connectivity index (χ0v) is 14.1. The van der Waals surface area contributed by atoms with Crippen LogP contribution in [0.15, 0.2) is 65.5 Å². The van der Waals surface area contributed by atoms with Gasteiger partial charge in [0.2, 0.25) is 5.56 Å². The molecule has 0 amide bonds. The van der Waals surface area contributed by atoms with Gasteiger partial charge in [-0.3, -0.25) is 4.79 Å². The van der Waals surface area contributed by atoms with Crippen LogP contribution in [-0.2, 0) is 13.0 Å². The van der Waals surface area contributed by atoms with Crippen molar-refractivity contribution in [2.24, 2.45) is 0 Å². The van der Waals surface area contributed by atoms with Crippen molar-refractivity contribution in [3.63, 3.8) is 0 Å². The van der Waals surface area contributed by atoms with Crippen LogP contribution >= 0.6 is 0 Å². The molecule has 6 nitrogen and oxygen atoms in total. The summed E-state index contributed by atoms with van der Waals surface area (Å²) in [4.78, 5) is 17.2. The molecule has 0 radical (unpaired) electrons. The summed E-state index contributed by atoms with van der Waals surface area (Å²) in [6, 6.07) is 19.6. The largest absolute Gasteiger partial charge is 0.364 e. The van der Waals surface area contributed by atoms with Crippen molar-refractivity contribution >= 4 is 16.6 Å². The van der Waals surface area contributed by atoms with Crippen LogP contribution in [0.25, 0.3) is 16.6 Å². The number of aromatic amines is 1. The van der Waals surface area contributed by atoms with Crippen molar-refractivity contribution in [1.82, 2.24) is 20.0 Å². The molecule has 2 aromatic heterocycles. The van der Waals surface area contributed by atoms with Gasteiger partial charge in [-0.25, -0.2) is 4.68 Å². The van der Waals surface area contributed by atoms with E-state index >= 15 is 0 Å². The minimum Gasteiger partial charge on any atom is -0.364 e. The highest BCUT2D eigenvalue weighted by molar-refractivity contribution is 5.91. The standard InChI is InChI=1S/C20H17N5O/c26-20-12-19(15-8-4-5-9-16(15)21-20)24-11-10-18-17(13-24)22-23-25(18)14-6-2-1-3-7-14/h1-9,12H,10-11,13H2,(H,21,26). The van der Waals surface area contributed by atoms with E-state index in [0.29, 0.717) is 6.54 Å². The van der Waals surface area contributed by atoms with Crippen molar-refractivity contribution in [1.29, 1.82) is 0 Å². The van der Waals surface area contributed by atoms with Crippen LogP contribution in [0.4, 0.5) is 5.69 Å². The number of para-hydroxylation sites is 2. The maximum atomic E-state index is 12.1. The van der Waals surface area contributed by atoms with Crippen LogP contribution in [0.5, 0.6) is 0 Å². The Morgan fingerprint density at radius 2 is 1.81 bits per heavy atom. The van der Waals surface area contributed by atoms with Gasteiger partial charge in [-0.2, -0.15) is 0 Å². The van der Waals surface area contributed by atoms with Crippen molar-refractivity contribution in [2.45, 2.75) is 13.0 Å². The molecule has 0 saturated carbocycles. The maximum absolute atomic E-state index is 12.1. The second kappa shape index (κ2) is 5.84. The Balaban J connectivity index is 1.55. The fourth-order valence-electron chi connectivity index (χ4n) is 3.64. The van der Waals surface area contributed by atoms with Crippen LogP contribution in [0, 0.1) is 0 Å². The summed E-state index contributed by atoms with van der Waals surface area (Å²) in [5, 5.41) is 9.79. The van der Waals surface area contributed by atoms with Crippen molar-refractivity contribution in [3.8, 4) is 5.69 Å². The third kappa shape index (κ3) is 2.38. The first kappa shape index (κ1) is 14.9. The third-order valence-electron chi connectivity index (χ3n) is 4.87. The molecule has 4 aromatic rings. The van der Waals surface area contributed by atoms with Gasteiger partial charge in [0.05, 0.1) is 29.1 Å². The SMILES string of the molecule is O=c1cc(N2CCc3c(nnn3-c3ccccc3)C2)c2ccccc2[nH]1. The molecule has 1 N–H and O–H groups in total. The number of benzene rings is 2. The summed E-state index contributed by atoms with van der Waals surface area (Å²) in [5.74, 6) is 0. The first-order chi connectivity index (χ1) is 12.8. The molecular weight excluding hydrogens is 326 g/mol. The van der Waals surface area contributed by atoms with E-state index in [0.717, 1.165) is 46.6 Å². The minimum absolute atomic E-state index is 0.0857. The van der Waals surface area contributed by atoms with Crippen molar-refractivity contribution < 1.29 is 0 Å². The molecule has 0 fully saturated rings. The Morgan fingerprint density at radius 1 is 1.00 bits per heavy atom. The van der Waals surface area contributed by atoms with Crippen LogP contribution < -0.4 is 10.5 Å². The second-order valence-corrected chi connectivity index (χ2v) is 6.47. The summed E-state index contributed by atoms with van der Waals surface area (Å²) < 4.78 is 1.92. The number of fused-ring (bicyclic) bond motifs is 2. The number of hydrogen-bond donors (Lipinski definition) is 1. The summed E-state index contributed by atoms with van der Waals surface area (Å²) in [5.41, 5.74) is 4.85. The van der Waals surface area contributed by atoms with Gasteiger partial charge in [-0.15, -0.1) is 5.10 Å². The molecule has 2 aromatic carbocycles. The fraction of sp³-hybridized carbons (Fsp3) is 0.150.